The smallest absolute Gasteiger partial charge is 0.355 e. The lowest BCUT2D eigenvalue weighted by Gasteiger charge is -2.56. The van der Waals surface area contributed by atoms with Crippen molar-refractivity contribution in [2.75, 3.05) is 6.54 Å². The summed E-state index contributed by atoms with van der Waals surface area (Å²) in [5.74, 6) is 1.86. The first kappa shape index (κ1) is 17.6. The second kappa shape index (κ2) is 5.99. The van der Waals surface area contributed by atoms with Gasteiger partial charge in [0.25, 0.3) is 0 Å². The minimum atomic E-state index is -4.36. The van der Waals surface area contributed by atoms with E-state index in [9.17, 15) is 18.0 Å². The van der Waals surface area contributed by atoms with Gasteiger partial charge in [-0.3, -0.25) is 4.79 Å². The molecule has 5 aliphatic rings. The van der Waals surface area contributed by atoms with Crippen molar-refractivity contribution in [3.63, 3.8) is 0 Å². The number of benzene rings is 1. The molecule has 0 aromatic heterocycles. The van der Waals surface area contributed by atoms with Crippen LogP contribution in [0.15, 0.2) is 24.3 Å². The van der Waals surface area contributed by atoms with E-state index in [-0.39, 0.29) is 28.7 Å². The van der Waals surface area contributed by atoms with Gasteiger partial charge in [0.05, 0.1) is 5.56 Å². The normalized spacial score (nSPS) is 39.4. The fraction of sp³-hybridized carbons (Fsp3) is 0.682. The summed E-state index contributed by atoms with van der Waals surface area (Å²) >= 11 is 0. The van der Waals surface area contributed by atoms with Gasteiger partial charge in [-0.2, -0.15) is 13.2 Å². The fourth-order valence-corrected chi connectivity index (χ4v) is 6.82. The van der Waals surface area contributed by atoms with Gasteiger partial charge in [-0.25, -0.2) is 0 Å². The molecule has 27 heavy (non-hydrogen) atoms. The summed E-state index contributed by atoms with van der Waals surface area (Å²) in [6.07, 6.45) is 3.95. The molecule has 2 unspecified atom stereocenters. The van der Waals surface area contributed by atoms with Crippen LogP contribution in [0.2, 0.25) is 0 Å². The molecule has 1 amide bonds. The molecule has 5 heteroatoms. The Morgan fingerprint density at radius 3 is 2.19 bits per heavy atom. The van der Waals surface area contributed by atoms with E-state index in [0.717, 1.165) is 30.4 Å². The molecule has 1 N–H and O–H groups in total. The first-order chi connectivity index (χ1) is 12.8. The quantitative estimate of drug-likeness (QED) is 0.773. The molecular formula is C22H26F3NO. The lowest BCUT2D eigenvalue weighted by Crippen LogP contribution is -2.51. The summed E-state index contributed by atoms with van der Waals surface area (Å²) in [6, 6.07) is 5.70. The highest BCUT2D eigenvalue weighted by Gasteiger charge is 2.52. The van der Waals surface area contributed by atoms with Gasteiger partial charge in [-0.15, -0.1) is 0 Å². The molecule has 5 fully saturated rings. The molecule has 5 aliphatic carbocycles. The zero-order chi connectivity index (χ0) is 18.8. The van der Waals surface area contributed by atoms with Crippen molar-refractivity contribution < 1.29 is 18.0 Å². The summed E-state index contributed by atoms with van der Waals surface area (Å²) in [5.41, 5.74) is -0.0510. The van der Waals surface area contributed by atoms with Crippen LogP contribution in [0.4, 0.5) is 13.2 Å². The van der Waals surface area contributed by atoms with Gasteiger partial charge in [-0.05, 0) is 85.7 Å². The molecule has 0 radical (unpaired) electrons. The van der Waals surface area contributed by atoms with Crippen molar-refractivity contribution in [2.45, 2.75) is 57.0 Å². The number of hydrogen-bond acceptors (Lipinski definition) is 1. The van der Waals surface area contributed by atoms with Crippen LogP contribution < -0.4 is 5.32 Å². The maximum Gasteiger partial charge on any atom is 0.416 e. The molecule has 1 aromatic rings. The molecule has 5 saturated carbocycles. The third kappa shape index (κ3) is 3.17. The van der Waals surface area contributed by atoms with E-state index < -0.39 is 11.7 Å². The van der Waals surface area contributed by atoms with E-state index in [2.05, 4.69) is 5.32 Å². The molecule has 1 aromatic carbocycles. The van der Waals surface area contributed by atoms with Crippen LogP contribution in [-0.4, -0.2) is 12.5 Å². The van der Waals surface area contributed by atoms with E-state index in [1.54, 1.807) is 6.07 Å². The summed E-state index contributed by atoms with van der Waals surface area (Å²) in [4.78, 5) is 12.7. The van der Waals surface area contributed by atoms with E-state index in [1.807, 2.05) is 0 Å². The Bertz CT molecular complexity index is 721. The van der Waals surface area contributed by atoms with E-state index in [0.29, 0.717) is 6.42 Å². The van der Waals surface area contributed by atoms with E-state index in [4.69, 9.17) is 0 Å². The lowest BCUT2D eigenvalue weighted by atomic mass is 9.49. The van der Waals surface area contributed by atoms with Crippen molar-refractivity contribution in [3.05, 3.63) is 35.4 Å². The fourth-order valence-electron chi connectivity index (χ4n) is 6.82. The summed E-state index contributed by atoms with van der Waals surface area (Å²) in [5, 5.41) is 3.14. The highest BCUT2D eigenvalue weighted by Crippen LogP contribution is 2.60. The number of nitrogens with one attached hydrogen (secondary N) is 1. The van der Waals surface area contributed by atoms with Crippen molar-refractivity contribution in [2.24, 2.45) is 29.1 Å². The van der Waals surface area contributed by atoms with Crippen LogP contribution in [0.25, 0.3) is 0 Å². The molecule has 2 nitrogen and oxygen atoms in total. The molecular weight excluding hydrogens is 351 g/mol. The maximum absolute atomic E-state index is 13.2. The van der Waals surface area contributed by atoms with E-state index in [1.165, 1.54) is 50.7 Å². The average molecular weight is 377 g/mol. The second-order valence-corrected chi connectivity index (χ2v) is 9.67. The molecule has 2 atom stereocenters. The topological polar surface area (TPSA) is 29.1 Å². The first-order valence-electron chi connectivity index (χ1n) is 10.3. The van der Waals surface area contributed by atoms with Crippen LogP contribution in [0.5, 0.6) is 0 Å². The highest BCUT2D eigenvalue weighted by molar-refractivity contribution is 5.83. The van der Waals surface area contributed by atoms with Gasteiger partial charge in [0.1, 0.15) is 0 Å². The van der Waals surface area contributed by atoms with Crippen molar-refractivity contribution in [1.29, 1.82) is 0 Å². The summed E-state index contributed by atoms with van der Waals surface area (Å²) in [6.45, 7) is 0.722. The minimum Gasteiger partial charge on any atom is -0.355 e. The predicted molar refractivity (Wildman–Crippen MR) is 95.9 cm³/mol. The molecule has 0 heterocycles. The number of halogens is 3. The molecule has 4 bridgehead atoms. The number of rotatable bonds is 4. The van der Waals surface area contributed by atoms with E-state index >= 15 is 0 Å². The van der Waals surface area contributed by atoms with Crippen molar-refractivity contribution in [3.8, 4) is 0 Å². The largest absolute Gasteiger partial charge is 0.416 e. The summed E-state index contributed by atoms with van der Waals surface area (Å²) < 4.78 is 39.7. The number of carbonyl (C=O) groups is 1. The maximum atomic E-state index is 13.2. The molecule has 0 aliphatic heterocycles. The zero-order valence-electron chi connectivity index (χ0n) is 15.4. The van der Waals surface area contributed by atoms with Gasteiger partial charge in [0, 0.05) is 12.5 Å². The number of alkyl halides is 3. The Morgan fingerprint density at radius 2 is 1.59 bits per heavy atom. The van der Waals surface area contributed by atoms with Crippen LogP contribution in [0.1, 0.15) is 62.0 Å². The van der Waals surface area contributed by atoms with Crippen LogP contribution in [-0.2, 0) is 11.0 Å². The first-order valence-corrected chi connectivity index (χ1v) is 10.3. The Morgan fingerprint density at radius 1 is 1.00 bits per heavy atom. The third-order valence-corrected chi connectivity index (χ3v) is 7.60. The Hall–Kier alpha value is -1.52. The molecule has 0 saturated heterocycles. The van der Waals surface area contributed by atoms with Crippen LogP contribution in [0, 0.1) is 29.1 Å². The van der Waals surface area contributed by atoms with Gasteiger partial charge in [0.2, 0.25) is 5.91 Å². The average Bonchev–Trinajstić information content (AvgIpc) is 3.38. The van der Waals surface area contributed by atoms with Gasteiger partial charge < -0.3 is 5.32 Å². The minimum absolute atomic E-state index is 0.0484. The SMILES string of the molecule is O=C(NCC12CC3CC(CC(C3)C1)C2)C1CC1c1ccccc1C(F)(F)F. The molecule has 0 spiro atoms. The number of carbonyl (C=O) groups excluding carboxylic acids is 1. The van der Waals surface area contributed by atoms with Crippen molar-refractivity contribution >= 4 is 5.91 Å². The van der Waals surface area contributed by atoms with Crippen molar-refractivity contribution in [1.82, 2.24) is 5.32 Å². The highest BCUT2D eigenvalue weighted by atomic mass is 19.4. The third-order valence-electron chi connectivity index (χ3n) is 7.60. The zero-order valence-corrected chi connectivity index (χ0v) is 15.4. The molecule has 146 valence electrons. The monoisotopic (exact) mass is 377 g/mol. The van der Waals surface area contributed by atoms with Gasteiger partial charge in [-0.1, -0.05) is 18.2 Å². The van der Waals surface area contributed by atoms with Crippen LogP contribution in [0.3, 0.4) is 0 Å². The van der Waals surface area contributed by atoms with Gasteiger partial charge >= 0.3 is 6.18 Å². The summed E-state index contributed by atoms with van der Waals surface area (Å²) in [7, 11) is 0. The Kier molecular flexibility index (Phi) is 3.90. The number of amides is 1. The Labute approximate surface area is 157 Å². The lowest BCUT2D eigenvalue weighted by molar-refractivity contribution is -0.138. The van der Waals surface area contributed by atoms with Gasteiger partial charge in [0.15, 0.2) is 0 Å². The molecule has 6 rings (SSSR count). The van der Waals surface area contributed by atoms with Crippen LogP contribution >= 0.6 is 0 Å². The second-order valence-electron chi connectivity index (χ2n) is 9.67. The number of hydrogen-bond donors (Lipinski definition) is 1. The predicted octanol–water partition coefficient (Wildman–Crippen LogP) is 5.14. The Balaban J connectivity index is 1.23. The standard InChI is InChI=1S/C22H26F3NO/c23-22(24,25)19-4-2-1-3-16(19)17-8-18(17)20(27)26-12-21-9-13-5-14(10-21)7-15(6-13)11-21/h1-4,13-15,17-18H,5-12H2,(H,26,27).